The predicted molar refractivity (Wildman–Crippen MR) is 130 cm³/mol. The van der Waals surface area contributed by atoms with Crippen LogP contribution in [0.1, 0.15) is 18.9 Å². The number of carboxylic acids is 1. The van der Waals surface area contributed by atoms with E-state index in [2.05, 4.69) is 5.32 Å². The maximum atomic E-state index is 13.4. The van der Waals surface area contributed by atoms with Gasteiger partial charge in [0.05, 0.1) is 18.3 Å². The van der Waals surface area contributed by atoms with Gasteiger partial charge < -0.3 is 14.6 Å². The molecule has 0 aromatic heterocycles. The van der Waals surface area contributed by atoms with Gasteiger partial charge >= 0.3 is 17.9 Å². The Hall–Kier alpha value is -3.37. The zero-order valence-electron chi connectivity index (χ0n) is 19.3. The smallest absolute Gasteiger partial charge is 0.344 e. The SMILES string of the molecule is CCOC(=O)COC(=O)C(CCc1ccccc1)NC1CSc2ccccc2N(CC(=O)O)C1=O. The molecule has 1 amide bonds. The third-order valence-corrected chi connectivity index (χ3v) is 6.46. The van der Waals surface area contributed by atoms with Gasteiger partial charge in [-0.1, -0.05) is 42.5 Å². The topological polar surface area (TPSA) is 122 Å². The predicted octanol–water partition coefficient (Wildman–Crippen LogP) is 2.28. The van der Waals surface area contributed by atoms with Crippen molar-refractivity contribution < 1.29 is 33.8 Å². The lowest BCUT2D eigenvalue weighted by Crippen LogP contribution is -2.54. The number of esters is 2. The van der Waals surface area contributed by atoms with Crippen molar-refractivity contribution in [1.82, 2.24) is 5.32 Å². The van der Waals surface area contributed by atoms with Crippen molar-refractivity contribution in [3.8, 4) is 0 Å². The van der Waals surface area contributed by atoms with E-state index >= 15 is 0 Å². The Bertz CT molecular complexity index is 1050. The first-order valence-electron chi connectivity index (χ1n) is 11.3. The van der Waals surface area contributed by atoms with E-state index in [-0.39, 0.29) is 6.61 Å². The summed E-state index contributed by atoms with van der Waals surface area (Å²) in [6.07, 6.45) is 0.839. The van der Waals surface area contributed by atoms with Crippen LogP contribution in [0.15, 0.2) is 59.5 Å². The molecule has 10 heteroatoms. The Labute approximate surface area is 207 Å². The number of amides is 1. The number of aliphatic carboxylic acids is 1. The van der Waals surface area contributed by atoms with Gasteiger partial charge in [-0.05, 0) is 37.5 Å². The standard InChI is InChI=1S/C25H28N2O7S/c1-2-33-23(30)15-34-25(32)18(13-12-17-8-4-3-5-9-17)26-19-16-35-21-11-7-6-10-20(21)27(24(19)31)14-22(28)29/h3-11,18-19,26H,2,12-16H2,1H3,(H,28,29). The monoisotopic (exact) mass is 500 g/mol. The third-order valence-electron chi connectivity index (χ3n) is 5.31. The number of nitrogens with one attached hydrogen (secondary N) is 1. The van der Waals surface area contributed by atoms with E-state index in [1.54, 1.807) is 19.1 Å². The highest BCUT2D eigenvalue weighted by Gasteiger charge is 2.35. The molecule has 0 bridgehead atoms. The molecule has 0 saturated heterocycles. The first-order valence-corrected chi connectivity index (χ1v) is 12.2. The molecule has 3 rings (SSSR count). The maximum Gasteiger partial charge on any atom is 0.344 e. The van der Waals surface area contributed by atoms with Gasteiger partial charge in [0, 0.05) is 10.6 Å². The Morgan fingerprint density at radius 2 is 1.83 bits per heavy atom. The second-order valence-electron chi connectivity index (χ2n) is 7.81. The molecule has 2 aromatic carbocycles. The molecule has 0 spiro atoms. The van der Waals surface area contributed by atoms with Gasteiger partial charge in [0.15, 0.2) is 6.61 Å². The molecular weight excluding hydrogens is 472 g/mol. The average Bonchev–Trinajstić information content (AvgIpc) is 2.97. The van der Waals surface area contributed by atoms with E-state index in [9.17, 15) is 24.3 Å². The molecule has 1 aliphatic heterocycles. The molecule has 0 radical (unpaired) electrons. The van der Waals surface area contributed by atoms with Gasteiger partial charge in [0.25, 0.3) is 0 Å². The zero-order chi connectivity index (χ0) is 25.2. The molecular formula is C25H28N2O7S. The van der Waals surface area contributed by atoms with Crippen LogP contribution in [0.5, 0.6) is 0 Å². The first-order chi connectivity index (χ1) is 16.9. The second kappa shape index (κ2) is 12.9. The fourth-order valence-electron chi connectivity index (χ4n) is 3.67. The number of aryl methyl sites for hydroxylation is 1. The summed E-state index contributed by atoms with van der Waals surface area (Å²) in [6.45, 7) is 0.788. The average molecular weight is 501 g/mol. The van der Waals surface area contributed by atoms with Crippen molar-refractivity contribution in [3.63, 3.8) is 0 Å². The molecule has 35 heavy (non-hydrogen) atoms. The molecule has 2 aromatic rings. The van der Waals surface area contributed by atoms with Crippen molar-refractivity contribution in [3.05, 3.63) is 60.2 Å². The van der Waals surface area contributed by atoms with Crippen LogP contribution in [0.3, 0.4) is 0 Å². The summed E-state index contributed by atoms with van der Waals surface area (Å²) in [7, 11) is 0. The summed E-state index contributed by atoms with van der Waals surface area (Å²) < 4.78 is 9.98. The summed E-state index contributed by atoms with van der Waals surface area (Å²) in [5, 5.41) is 12.5. The third kappa shape index (κ3) is 7.56. The number of rotatable bonds is 11. The van der Waals surface area contributed by atoms with Gasteiger partial charge in [-0.25, -0.2) is 4.79 Å². The van der Waals surface area contributed by atoms with Crippen LogP contribution in [-0.4, -0.2) is 66.5 Å². The fraction of sp³-hybridized carbons (Fsp3) is 0.360. The highest BCUT2D eigenvalue weighted by molar-refractivity contribution is 7.99. The number of carbonyl (C=O) groups is 4. The lowest BCUT2D eigenvalue weighted by atomic mass is 10.0. The van der Waals surface area contributed by atoms with Crippen molar-refractivity contribution in [1.29, 1.82) is 0 Å². The Morgan fingerprint density at radius 1 is 1.11 bits per heavy atom. The molecule has 9 nitrogen and oxygen atoms in total. The highest BCUT2D eigenvalue weighted by atomic mass is 32.2. The normalized spacial score (nSPS) is 16.1. The molecule has 0 fully saturated rings. The highest BCUT2D eigenvalue weighted by Crippen LogP contribution is 2.34. The number of hydrogen-bond donors (Lipinski definition) is 2. The summed E-state index contributed by atoms with van der Waals surface area (Å²) >= 11 is 1.40. The molecule has 186 valence electrons. The fourth-order valence-corrected chi connectivity index (χ4v) is 4.76. The number of hydrogen-bond acceptors (Lipinski definition) is 8. The summed E-state index contributed by atoms with van der Waals surface area (Å²) in [6, 6.07) is 14.9. The number of anilines is 1. The van der Waals surface area contributed by atoms with Crippen molar-refractivity contribution in [2.45, 2.75) is 36.7 Å². The lowest BCUT2D eigenvalue weighted by Gasteiger charge is -2.27. The molecule has 1 heterocycles. The Kier molecular flexibility index (Phi) is 9.68. The maximum absolute atomic E-state index is 13.4. The first kappa shape index (κ1) is 26.2. The van der Waals surface area contributed by atoms with Crippen LogP contribution < -0.4 is 10.2 Å². The van der Waals surface area contributed by atoms with Crippen LogP contribution in [-0.2, 0) is 35.1 Å². The number of fused-ring (bicyclic) bond motifs is 1. The van der Waals surface area contributed by atoms with Crippen molar-refractivity contribution in [2.75, 3.05) is 30.4 Å². The van der Waals surface area contributed by atoms with Gasteiger partial charge in [-0.3, -0.25) is 24.6 Å². The number of benzene rings is 2. The van der Waals surface area contributed by atoms with E-state index in [0.29, 0.717) is 24.3 Å². The van der Waals surface area contributed by atoms with Gasteiger partial charge in [-0.2, -0.15) is 0 Å². The van der Waals surface area contributed by atoms with E-state index in [4.69, 9.17) is 9.47 Å². The largest absolute Gasteiger partial charge is 0.480 e. The molecule has 1 aliphatic rings. The minimum absolute atomic E-state index is 0.167. The van der Waals surface area contributed by atoms with Crippen LogP contribution >= 0.6 is 11.8 Å². The van der Waals surface area contributed by atoms with E-state index in [1.807, 2.05) is 42.5 Å². The number of ether oxygens (including phenoxy) is 2. The van der Waals surface area contributed by atoms with Crippen LogP contribution in [0.4, 0.5) is 5.69 Å². The van der Waals surface area contributed by atoms with E-state index < -0.39 is 49.1 Å². The minimum Gasteiger partial charge on any atom is -0.480 e. The van der Waals surface area contributed by atoms with Crippen LogP contribution in [0.25, 0.3) is 0 Å². The number of para-hydroxylation sites is 1. The summed E-state index contributed by atoms with van der Waals surface area (Å²) in [5.74, 6) is -2.65. The number of thioether (sulfide) groups is 1. The number of carboxylic acid groups (broad SMARTS) is 1. The second-order valence-corrected chi connectivity index (χ2v) is 8.87. The van der Waals surface area contributed by atoms with Gasteiger partial charge in [-0.15, -0.1) is 11.8 Å². The number of nitrogens with zero attached hydrogens (tertiary/aromatic N) is 1. The zero-order valence-corrected chi connectivity index (χ0v) is 20.2. The van der Waals surface area contributed by atoms with Crippen LogP contribution in [0, 0.1) is 0 Å². The molecule has 2 atom stereocenters. The van der Waals surface area contributed by atoms with Gasteiger partial charge in [0.1, 0.15) is 12.6 Å². The van der Waals surface area contributed by atoms with Crippen LogP contribution in [0.2, 0.25) is 0 Å². The summed E-state index contributed by atoms with van der Waals surface area (Å²) in [5.41, 5.74) is 1.51. The quantitative estimate of drug-likeness (QED) is 0.447. The molecule has 2 unspecified atom stereocenters. The van der Waals surface area contributed by atoms with E-state index in [0.717, 1.165) is 10.5 Å². The van der Waals surface area contributed by atoms with Gasteiger partial charge in [0.2, 0.25) is 5.91 Å². The Balaban J connectivity index is 1.78. The number of carbonyl (C=O) groups excluding carboxylic acids is 3. The lowest BCUT2D eigenvalue weighted by molar-refractivity contribution is -0.160. The minimum atomic E-state index is -1.15. The Morgan fingerprint density at radius 3 is 2.54 bits per heavy atom. The van der Waals surface area contributed by atoms with Crippen molar-refractivity contribution in [2.24, 2.45) is 0 Å². The van der Waals surface area contributed by atoms with Crippen molar-refractivity contribution >= 4 is 41.3 Å². The molecule has 0 aliphatic carbocycles. The molecule has 0 saturated carbocycles. The summed E-state index contributed by atoms with van der Waals surface area (Å²) in [4.78, 5) is 51.4. The molecule has 2 N–H and O–H groups in total. The van der Waals surface area contributed by atoms with E-state index in [1.165, 1.54) is 16.7 Å².